The minimum absolute atomic E-state index is 0.0862. The quantitative estimate of drug-likeness (QED) is 0.217. The van der Waals surface area contributed by atoms with Gasteiger partial charge >= 0.3 is 0 Å². The summed E-state index contributed by atoms with van der Waals surface area (Å²) in [5.74, 6) is 0.612. The van der Waals surface area contributed by atoms with E-state index in [0.29, 0.717) is 35.0 Å². The SMILES string of the molecule is Cc1nc(SCCCC(=O)N2CCN(C/C=C/c3ccccc3)CC2)n(C)c(=O)c1Cc1ccc(F)cc1. The van der Waals surface area contributed by atoms with Crippen LogP contribution >= 0.6 is 11.8 Å². The predicted molar refractivity (Wildman–Crippen MR) is 152 cm³/mol. The average Bonchev–Trinajstić information content (AvgIpc) is 2.93. The zero-order valence-electron chi connectivity index (χ0n) is 22.1. The first kappa shape index (κ1) is 27.8. The molecule has 0 saturated carbocycles. The lowest BCUT2D eigenvalue weighted by molar-refractivity contribution is -0.132. The van der Waals surface area contributed by atoms with Gasteiger partial charge in [-0.05, 0) is 36.6 Å². The molecule has 0 spiro atoms. The highest BCUT2D eigenvalue weighted by atomic mass is 32.2. The second-order valence-corrected chi connectivity index (χ2v) is 10.6. The normalized spacial score (nSPS) is 14.3. The summed E-state index contributed by atoms with van der Waals surface area (Å²) in [6.45, 7) is 6.02. The largest absolute Gasteiger partial charge is 0.340 e. The summed E-state index contributed by atoms with van der Waals surface area (Å²) in [6, 6.07) is 16.5. The lowest BCUT2D eigenvalue weighted by Crippen LogP contribution is -2.48. The van der Waals surface area contributed by atoms with Gasteiger partial charge in [-0.25, -0.2) is 9.37 Å². The number of amides is 1. The summed E-state index contributed by atoms with van der Waals surface area (Å²) in [7, 11) is 1.73. The Morgan fingerprint density at radius 3 is 2.47 bits per heavy atom. The Kier molecular flexibility index (Phi) is 9.90. The van der Waals surface area contributed by atoms with Crippen LogP contribution in [0.3, 0.4) is 0 Å². The van der Waals surface area contributed by atoms with Gasteiger partial charge in [0.2, 0.25) is 5.91 Å². The second-order valence-electron chi connectivity index (χ2n) is 9.57. The third kappa shape index (κ3) is 7.65. The van der Waals surface area contributed by atoms with Gasteiger partial charge in [0.25, 0.3) is 5.56 Å². The number of carbonyl (C=O) groups is 1. The lowest BCUT2D eigenvalue weighted by Gasteiger charge is -2.34. The van der Waals surface area contributed by atoms with Crippen LogP contribution in [0.15, 0.2) is 70.6 Å². The summed E-state index contributed by atoms with van der Waals surface area (Å²) < 4.78 is 14.8. The van der Waals surface area contributed by atoms with Crippen molar-refractivity contribution >= 4 is 23.7 Å². The Balaban J connectivity index is 1.19. The van der Waals surface area contributed by atoms with Crippen molar-refractivity contribution in [2.24, 2.45) is 7.05 Å². The van der Waals surface area contributed by atoms with Crippen LogP contribution < -0.4 is 5.56 Å². The number of piperazine rings is 1. The summed E-state index contributed by atoms with van der Waals surface area (Å²) >= 11 is 1.50. The molecule has 0 atom stereocenters. The Morgan fingerprint density at radius 1 is 1.05 bits per heavy atom. The number of halogens is 1. The number of rotatable bonds is 10. The number of hydrogen-bond donors (Lipinski definition) is 0. The smallest absolute Gasteiger partial charge is 0.257 e. The maximum Gasteiger partial charge on any atom is 0.257 e. The molecule has 1 aliphatic heterocycles. The highest BCUT2D eigenvalue weighted by Crippen LogP contribution is 2.19. The minimum atomic E-state index is -0.295. The molecule has 1 aliphatic rings. The van der Waals surface area contributed by atoms with Gasteiger partial charge < -0.3 is 4.90 Å². The molecule has 0 unspecified atom stereocenters. The molecule has 0 bridgehead atoms. The monoisotopic (exact) mass is 534 g/mol. The van der Waals surface area contributed by atoms with Gasteiger partial charge in [-0.2, -0.15) is 0 Å². The molecule has 3 aromatic rings. The predicted octanol–water partition coefficient (Wildman–Crippen LogP) is 4.55. The van der Waals surface area contributed by atoms with Gasteiger partial charge in [0.1, 0.15) is 5.82 Å². The number of aromatic nitrogens is 2. The van der Waals surface area contributed by atoms with Crippen LogP contribution in [0.2, 0.25) is 0 Å². The van der Waals surface area contributed by atoms with Crippen LogP contribution in [0.25, 0.3) is 6.08 Å². The van der Waals surface area contributed by atoms with Crippen LogP contribution in [0.1, 0.15) is 35.2 Å². The zero-order chi connectivity index (χ0) is 26.9. The Labute approximate surface area is 228 Å². The van der Waals surface area contributed by atoms with Crippen LogP contribution in [0, 0.1) is 12.7 Å². The average molecular weight is 535 g/mol. The molecular formula is C30H35FN4O2S. The molecule has 2 aromatic carbocycles. The molecule has 1 aromatic heterocycles. The van der Waals surface area contributed by atoms with Crippen LogP contribution in [0.5, 0.6) is 0 Å². The number of benzene rings is 2. The first-order chi connectivity index (χ1) is 18.4. The van der Waals surface area contributed by atoms with Crippen LogP contribution in [-0.4, -0.2) is 63.7 Å². The number of nitrogens with zero attached hydrogens (tertiary/aromatic N) is 4. The lowest BCUT2D eigenvalue weighted by atomic mass is 10.1. The van der Waals surface area contributed by atoms with Crippen molar-refractivity contribution in [3.05, 3.63) is 99.2 Å². The standard InChI is InChI=1S/C30H35FN4O2S/c1-23-27(22-25-12-14-26(31)15-13-25)29(37)33(2)30(32-23)38-21-7-11-28(36)35-19-17-34(18-20-35)16-6-10-24-8-4-3-5-9-24/h3-6,8-10,12-15H,7,11,16-22H2,1-2H3/b10-6+. The molecule has 0 aliphatic carbocycles. The minimum Gasteiger partial charge on any atom is -0.340 e. The molecule has 1 amide bonds. The highest BCUT2D eigenvalue weighted by molar-refractivity contribution is 7.99. The van der Waals surface area contributed by atoms with E-state index in [4.69, 9.17) is 0 Å². The number of carbonyl (C=O) groups excluding carboxylic acids is 1. The molecule has 8 heteroatoms. The second kappa shape index (κ2) is 13.5. The van der Waals surface area contributed by atoms with Gasteiger partial charge in [-0.15, -0.1) is 0 Å². The highest BCUT2D eigenvalue weighted by Gasteiger charge is 2.20. The fourth-order valence-electron chi connectivity index (χ4n) is 4.50. The summed E-state index contributed by atoms with van der Waals surface area (Å²) in [6.07, 6.45) is 5.97. The maximum absolute atomic E-state index is 13.2. The van der Waals surface area contributed by atoms with Crippen molar-refractivity contribution in [2.75, 3.05) is 38.5 Å². The fourth-order valence-corrected chi connectivity index (χ4v) is 5.45. The van der Waals surface area contributed by atoms with Gasteiger partial charge in [0, 0.05) is 69.6 Å². The van der Waals surface area contributed by atoms with E-state index in [1.165, 1.54) is 29.5 Å². The van der Waals surface area contributed by atoms with Crippen molar-refractivity contribution in [3.63, 3.8) is 0 Å². The van der Waals surface area contributed by atoms with E-state index >= 15 is 0 Å². The molecular weight excluding hydrogens is 499 g/mol. The van der Waals surface area contributed by atoms with Crippen LogP contribution in [-0.2, 0) is 18.3 Å². The van der Waals surface area contributed by atoms with E-state index in [-0.39, 0.29) is 17.3 Å². The molecule has 0 radical (unpaired) electrons. The summed E-state index contributed by atoms with van der Waals surface area (Å²) in [5, 5.41) is 0.653. The number of aryl methyl sites for hydroxylation is 1. The van der Waals surface area contributed by atoms with E-state index in [9.17, 15) is 14.0 Å². The van der Waals surface area contributed by atoms with Gasteiger partial charge in [0.15, 0.2) is 5.16 Å². The topological polar surface area (TPSA) is 58.4 Å². The van der Waals surface area contributed by atoms with E-state index in [1.807, 2.05) is 30.0 Å². The van der Waals surface area contributed by atoms with Gasteiger partial charge in [-0.1, -0.05) is 66.4 Å². The molecule has 6 nitrogen and oxygen atoms in total. The van der Waals surface area contributed by atoms with E-state index in [2.05, 4.69) is 34.2 Å². The maximum atomic E-state index is 13.2. The summed E-state index contributed by atoms with van der Waals surface area (Å²) in [5.41, 5.74) is 3.29. The van der Waals surface area contributed by atoms with Crippen LogP contribution in [0.4, 0.5) is 4.39 Å². The molecule has 38 heavy (non-hydrogen) atoms. The van der Waals surface area contributed by atoms with E-state index in [1.54, 1.807) is 23.7 Å². The molecule has 0 N–H and O–H groups in total. The Bertz CT molecular complexity index is 1300. The Hall–Kier alpha value is -3.23. The molecule has 4 rings (SSSR count). The number of thioether (sulfide) groups is 1. The molecule has 200 valence electrons. The van der Waals surface area contributed by atoms with Crippen molar-refractivity contribution < 1.29 is 9.18 Å². The summed E-state index contributed by atoms with van der Waals surface area (Å²) in [4.78, 5) is 34.7. The third-order valence-electron chi connectivity index (χ3n) is 6.81. The first-order valence-electron chi connectivity index (χ1n) is 13.1. The van der Waals surface area contributed by atoms with Crippen molar-refractivity contribution in [2.45, 2.75) is 31.3 Å². The molecule has 1 fully saturated rings. The zero-order valence-corrected chi connectivity index (χ0v) is 22.9. The van der Waals surface area contributed by atoms with Crippen molar-refractivity contribution in [1.29, 1.82) is 0 Å². The fraction of sp³-hybridized carbons (Fsp3) is 0.367. The van der Waals surface area contributed by atoms with E-state index < -0.39 is 0 Å². The van der Waals surface area contributed by atoms with Crippen molar-refractivity contribution in [1.82, 2.24) is 19.4 Å². The first-order valence-corrected chi connectivity index (χ1v) is 14.0. The number of hydrogen-bond acceptors (Lipinski definition) is 5. The van der Waals surface area contributed by atoms with E-state index in [0.717, 1.165) is 44.7 Å². The molecule has 2 heterocycles. The van der Waals surface area contributed by atoms with Gasteiger partial charge in [0.05, 0.1) is 0 Å². The van der Waals surface area contributed by atoms with Gasteiger partial charge in [-0.3, -0.25) is 19.1 Å². The third-order valence-corrected chi connectivity index (χ3v) is 7.92. The Morgan fingerprint density at radius 2 is 1.76 bits per heavy atom. The molecule has 1 saturated heterocycles. The van der Waals surface area contributed by atoms with Crippen molar-refractivity contribution in [3.8, 4) is 0 Å².